The first-order chi connectivity index (χ1) is 9.70. The Kier molecular flexibility index (Phi) is 6.95. The van der Waals surface area contributed by atoms with Gasteiger partial charge in [0.1, 0.15) is 11.6 Å². The van der Waals surface area contributed by atoms with E-state index >= 15 is 0 Å². The lowest BCUT2D eigenvalue weighted by Crippen LogP contribution is -2.10. The van der Waals surface area contributed by atoms with Gasteiger partial charge in [0.15, 0.2) is 0 Å². The van der Waals surface area contributed by atoms with Crippen molar-refractivity contribution in [2.45, 2.75) is 6.42 Å². The molecule has 0 fully saturated rings. The first-order valence-electron chi connectivity index (χ1n) is 6.04. The number of aromatic nitrogens is 1. The van der Waals surface area contributed by atoms with E-state index in [9.17, 15) is 10.1 Å². The topological polar surface area (TPSA) is 110 Å². The molecule has 0 atom stereocenters. The second-order valence-electron chi connectivity index (χ2n) is 3.81. The van der Waals surface area contributed by atoms with E-state index in [-0.39, 0.29) is 17.1 Å². The van der Waals surface area contributed by atoms with Crippen LogP contribution in [0.2, 0.25) is 0 Å². The van der Waals surface area contributed by atoms with Crippen molar-refractivity contribution in [3.63, 3.8) is 0 Å². The highest BCUT2D eigenvalue weighted by Crippen LogP contribution is 2.25. The van der Waals surface area contributed by atoms with Gasteiger partial charge in [0.2, 0.25) is 5.82 Å². The van der Waals surface area contributed by atoms with Crippen LogP contribution in [0.5, 0.6) is 0 Å². The Morgan fingerprint density at radius 3 is 2.95 bits per heavy atom. The number of hydrogen-bond donors (Lipinski definition) is 1. The minimum absolute atomic E-state index is 0.0103. The summed E-state index contributed by atoms with van der Waals surface area (Å²) in [6.45, 7) is 2.03. The zero-order valence-corrected chi connectivity index (χ0v) is 11.2. The molecule has 0 aromatic carbocycles. The van der Waals surface area contributed by atoms with E-state index < -0.39 is 4.92 Å². The molecule has 1 aromatic heterocycles. The van der Waals surface area contributed by atoms with Crippen molar-refractivity contribution in [1.82, 2.24) is 4.98 Å². The fourth-order valence-corrected chi connectivity index (χ4v) is 1.48. The summed E-state index contributed by atoms with van der Waals surface area (Å²) in [7, 11) is 1.60. The van der Waals surface area contributed by atoms with Crippen LogP contribution in [0.3, 0.4) is 0 Å². The van der Waals surface area contributed by atoms with Crippen LogP contribution in [-0.2, 0) is 9.47 Å². The van der Waals surface area contributed by atoms with Gasteiger partial charge < -0.3 is 14.8 Å². The van der Waals surface area contributed by atoms with Crippen LogP contribution in [0.1, 0.15) is 12.0 Å². The van der Waals surface area contributed by atoms with Crippen molar-refractivity contribution in [3.8, 4) is 6.07 Å². The molecule has 0 saturated carbocycles. The fourth-order valence-electron chi connectivity index (χ4n) is 1.48. The molecule has 108 valence electrons. The predicted molar refractivity (Wildman–Crippen MR) is 71.4 cm³/mol. The Balaban J connectivity index is 2.48. The van der Waals surface area contributed by atoms with E-state index in [1.165, 1.54) is 12.3 Å². The monoisotopic (exact) mass is 280 g/mol. The molecule has 0 amide bonds. The summed E-state index contributed by atoms with van der Waals surface area (Å²) in [6, 6.07) is 3.10. The highest BCUT2D eigenvalue weighted by atomic mass is 16.6. The van der Waals surface area contributed by atoms with Gasteiger partial charge in [-0.25, -0.2) is 4.98 Å². The molecule has 8 heteroatoms. The van der Waals surface area contributed by atoms with E-state index in [2.05, 4.69) is 10.3 Å². The molecule has 0 spiro atoms. The molecule has 0 aliphatic rings. The number of nitro groups is 1. The molecule has 0 unspecified atom stereocenters. The van der Waals surface area contributed by atoms with Crippen LogP contribution >= 0.6 is 0 Å². The molecule has 0 saturated heterocycles. The largest absolute Gasteiger partial charge is 0.382 e. The van der Waals surface area contributed by atoms with Gasteiger partial charge in [-0.3, -0.25) is 10.1 Å². The number of methoxy groups -OCH3 is 1. The minimum Gasteiger partial charge on any atom is -0.382 e. The summed E-state index contributed by atoms with van der Waals surface area (Å²) in [4.78, 5) is 14.2. The predicted octanol–water partition coefficient (Wildman–Crippen LogP) is 1.33. The van der Waals surface area contributed by atoms with Gasteiger partial charge in [-0.1, -0.05) is 0 Å². The Bertz CT molecular complexity index is 487. The SMILES string of the molecule is COCCOCCCNc1nccc(C#N)c1[N+](=O)[O-]. The van der Waals surface area contributed by atoms with E-state index in [1.807, 2.05) is 0 Å². The van der Waals surface area contributed by atoms with E-state index in [4.69, 9.17) is 14.7 Å². The lowest BCUT2D eigenvalue weighted by atomic mass is 10.2. The summed E-state index contributed by atoms with van der Waals surface area (Å²) in [5, 5.41) is 22.6. The summed E-state index contributed by atoms with van der Waals surface area (Å²) >= 11 is 0. The first-order valence-corrected chi connectivity index (χ1v) is 6.04. The van der Waals surface area contributed by atoms with E-state index in [0.717, 1.165) is 0 Å². The van der Waals surface area contributed by atoms with Crippen molar-refractivity contribution in [2.24, 2.45) is 0 Å². The Hall–Kier alpha value is -2.24. The third kappa shape index (κ3) is 4.79. The fraction of sp³-hybridized carbons (Fsp3) is 0.500. The molecule has 0 bridgehead atoms. The average Bonchev–Trinajstić information content (AvgIpc) is 2.45. The standard InChI is InChI=1S/C12H16N4O4/c1-19-7-8-20-6-2-4-14-12-11(16(17)18)10(9-13)3-5-15-12/h3,5H,2,4,6-8H2,1H3,(H,14,15). The third-order valence-electron chi connectivity index (χ3n) is 2.42. The number of nitriles is 1. The second kappa shape index (κ2) is 8.79. The molecule has 1 N–H and O–H groups in total. The number of rotatable bonds is 9. The van der Waals surface area contributed by atoms with Gasteiger partial charge in [-0.15, -0.1) is 0 Å². The molecular weight excluding hydrogens is 264 g/mol. The summed E-state index contributed by atoms with van der Waals surface area (Å²) in [5.41, 5.74) is -0.306. The smallest absolute Gasteiger partial charge is 0.328 e. The van der Waals surface area contributed by atoms with Crippen molar-refractivity contribution < 1.29 is 14.4 Å². The number of pyridine rings is 1. The van der Waals surface area contributed by atoms with Crippen molar-refractivity contribution in [1.29, 1.82) is 5.26 Å². The Morgan fingerprint density at radius 1 is 1.50 bits per heavy atom. The van der Waals surface area contributed by atoms with Gasteiger partial charge in [0.25, 0.3) is 0 Å². The van der Waals surface area contributed by atoms with Gasteiger partial charge in [-0.2, -0.15) is 5.26 Å². The highest BCUT2D eigenvalue weighted by Gasteiger charge is 2.20. The van der Waals surface area contributed by atoms with Crippen LogP contribution in [0.4, 0.5) is 11.5 Å². The molecule has 1 rings (SSSR count). The summed E-state index contributed by atoms with van der Waals surface area (Å²) in [6.07, 6.45) is 2.03. The number of ether oxygens (including phenoxy) is 2. The van der Waals surface area contributed by atoms with E-state index in [1.54, 1.807) is 13.2 Å². The van der Waals surface area contributed by atoms with Gasteiger partial charge >= 0.3 is 5.69 Å². The number of anilines is 1. The lowest BCUT2D eigenvalue weighted by Gasteiger charge is -2.07. The van der Waals surface area contributed by atoms with Gasteiger partial charge in [0.05, 0.1) is 18.1 Å². The Labute approximate surface area is 116 Å². The van der Waals surface area contributed by atoms with Gasteiger partial charge in [-0.05, 0) is 12.5 Å². The van der Waals surface area contributed by atoms with E-state index in [0.29, 0.717) is 32.8 Å². The zero-order chi connectivity index (χ0) is 14.8. The van der Waals surface area contributed by atoms with Gasteiger partial charge in [0, 0.05) is 26.5 Å². The van der Waals surface area contributed by atoms with Crippen LogP contribution in [-0.4, -0.2) is 43.4 Å². The quantitative estimate of drug-likeness (QED) is 0.412. The number of nitrogens with one attached hydrogen (secondary N) is 1. The van der Waals surface area contributed by atoms with Crippen LogP contribution in [0, 0.1) is 21.4 Å². The molecule has 20 heavy (non-hydrogen) atoms. The maximum atomic E-state index is 10.9. The minimum atomic E-state index is -0.608. The molecule has 1 aromatic rings. The van der Waals surface area contributed by atoms with Crippen molar-refractivity contribution >= 4 is 11.5 Å². The number of nitrogens with zero attached hydrogens (tertiary/aromatic N) is 3. The van der Waals surface area contributed by atoms with Crippen LogP contribution in [0.25, 0.3) is 0 Å². The zero-order valence-electron chi connectivity index (χ0n) is 11.2. The molecule has 8 nitrogen and oxygen atoms in total. The molecule has 0 aliphatic heterocycles. The average molecular weight is 280 g/mol. The van der Waals surface area contributed by atoms with Crippen molar-refractivity contribution in [3.05, 3.63) is 27.9 Å². The highest BCUT2D eigenvalue weighted by molar-refractivity contribution is 5.63. The summed E-state index contributed by atoms with van der Waals surface area (Å²) in [5.74, 6) is 0.103. The molecule has 0 radical (unpaired) electrons. The van der Waals surface area contributed by atoms with Crippen LogP contribution in [0.15, 0.2) is 12.3 Å². The first kappa shape index (κ1) is 15.8. The maximum absolute atomic E-state index is 10.9. The lowest BCUT2D eigenvalue weighted by molar-refractivity contribution is -0.384. The molecular formula is C12H16N4O4. The molecule has 1 heterocycles. The summed E-state index contributed by atoms with van der Waals surface area (Å²) < 4.78 is 10.1. The normalized spacial score (nSPS) is 10.0. The number of hydrogen-bond acceptors (Lipinski definition) is 7. The second-order valence-corrected chi connectivity index (χ2v) is 3.81. The van der Waals surface area contributed by atoms with Crippen molar-refractivity contribution in [2.75, 3.05) is 38.8 Å². The Morgan fingerprint density at radius 2 is 2.30 bits per heavy atom. The van der Waals surface area contributed by atoms with Crippen LogP contribution < -0.4 is 5.32 Å². The molecule has 0 aliphatic carbocycles. The third-order valence-corrected chi connectivity index (χ3v) is 2.42. The maximum Gasteiger partial charge on any atom is 0.328 e.